The molecule has 0 saturated heterocycles. The van der Waals surface area contributed by atoms with E-state index in [0.717, 1.165) is 6.07 Å². The van der Waals surface area contributed by atoms with Crippen LogP contribution in [-0.2, 0) is 0 Å². The van der Waals surface area contributed by atoms with Crippen molar-refractivity contribution in [2.45, 2.75) is 12.8 Å². The van der Waals surface area contributed by atoms with Crippen molar-refractivity contribution < 1.29 is 30.0 Å². The van der Waals surface area contributed by atoms with E-state index in [1.54, 1.807) is 6.92 Å². The Morgan fingerprint density at radius 3 is 2.41 bits per heavy atom. The Labute approximate surface area is 125 Å². The fraction of sp³-hybridized carbons (Fsp3) is 0.188. The van der Waals surface area contributed by atoms with Crippen LogP contribution in [-0.4, -0.2) is 32.8 Å². The lowest BCUT2D eigenvalue weighted by molar-refractivity contribution is 0.0891. The number of ketones is 1. The standard InChI is InChI=1S/C16H14O6/c1-7-11(18)5-13(20)14-15(21)9(6-22-16(7)14)8-2-3-10(17)12(19)4-8/h2-5,9,17-20H,6H2,1H3. The van der Waals surface area contributed by atoms with Gasteiger partial charge in [0.2, 0.25) is 0 Å². The van der Waals surface area contributed by atoms with Crippen molar-refractivity contribution in [2.75, 3.05) is 6.61 Å². The van der Waals surface area contributed by atoms with Gasteiger partial charge in [-0.25, -0.2) is 0 Å². The molecule has 0 fully saturated rings. The van der Waals surface area contributed by atoms with Crippen LogP contribution >= 0.6 is 0 Å². The number of rotatable bonds is 1. The number of hydrogen-bond donors (Lipinski definition) is 4. The number of fused-ring (bicyclic) bond motifs is 1. The van der Waals surface area contributed by atoms with E-state index in [1.807, 2.05) is 0 Å². The van der Waals surface area contributed by atoms with Gasteiger partial charge in [-0.05, 0) is 24.6 Å². The fourth-order valence-electron chi connectivity index (χ4n) is 2.57. The summed E-state index contributed by atoms with van der Waals surface area (Å²) in [6.07, 6.45) is 0. The van der Waals surface area contributed by atoms with Crippen LogP contribution in [0.25, 0.3) is 0 Å². The number of carbonyl (C=O) groups is 1. The highest BCUT2D eigenvalue weighted by atomic mass is 16.5. The van der Waals surface area contributed by atoms with Crippen molar-refractivity contribution >= 4 is 5.78 Å². The average molecular weight is 302 g/mol. The molecule has 0 spiro atoms. The summed E-state index contributed by atoms with van der Waals surface area (Å²) < 4.78 is 5.54. The normalized spacial score (nSPS) is 17.0. The first-order valence-electron chi connectivity index (χ1n) is 6.64. The van der Waals surface area contributed by atoms with E-state index in [2.05, 4.69) is 0 Å². The lowest BCUT2D eigenvalue weighted by atomic mass is 9.87. The number of benzene rings is 2. The van der Waals surface area contributed by atoms with Crippen LogP contribution in [0.4, 0.5) is 0 Å². The van der Waals surface area contributed by atoms with E-state index in [1.165, 1.54) is 18.2 Å². The maximum atomic E-state index is 12.6. The third-order valence-electron chi connectivity index (χ3n) is 3.84. The molecule has 22 heavy (non-hydrogen) atoms. The van der Waals surface area contributed by atoms with Gasteiger partial charge in [0.05, 0.1) is 5.92 Å². The molecule has 0 bridgehead atoms. The Kier molecular flexibility index (Phi) is 3.09. The summed E-state index contributed by atoms with van der Waals surface area (Å²) in [6.45, 7) is 1.60. The van der Waals surface area contributed by atoms with Gasteiger partial charge in [-0.15, -0.1) is 0 Å². The smallest absolute Gasteiger partial charge is 0.181 e. The largest absolute Gasteiger partial charge is 0.507 e. The minimum absolute atomic E-state index is 0.0131. The van der Waals surface area contributed by atoms with Crippen molar-refractivity contribution in [1.29, 1.82) is 0 Å². The summed E-state index contributed by atoms with van der Waals surface area (Å²) in [5.74, 6) is -2.03. The minimum atomic E-state index is -0.714. The van der Waals surface area contributed by atoms with Crippen molar-refractivity contribution in [3.8, 4) is 28.7 Å². The highest BCUT2D eigenvalue weighted by Gasteiger charge is 2.34. The van der Waals surface area contributed by atoms with Gasteiger partial charge in [0.25, 0.3) is 0 Å². The lowest BCUT2D eigenvalue weighted by Crippen LogP contribution is -2.26. The number of hydrogen-bond acceptors (Lipinski definition) is 6. The number of phenolic OH excluding ortho intramolecular Hbond substituents is 4. The van der Waals surface area contributed by atoms with E-state index in [4.69, 9.17) is 4.74 Å². The van der Waals surface area contributed by atoms with Gasteiger partial charge in [-0.2, -0.15) is 0 Å². The SMILES string of the molecule is Cc1c(O)cc(O)c2c1OCC(c1ccc(O)c(O)c1)C2=O. The van der Waals surface area contributed by atoms with Crippen LogP contribution in [0.3, 0.4) is 0 Å². The topological polar surface area (TPSA) is 107 Å². The molecular weight excluding hydrogens is 288 g/mol. The second kappa shape index (κ2) is 4.84. The third-order valence-corrected chi connectivity index (χ3v) is 3.84. The molecule has 2 aromatic carbocycles. The van der Waals surface area contributed by atoms with E-state index in [0.29, 0.717) is 11.1 Å². The van der Waals surface area contributed by atoms with E-state index in [9.17, 15) is 25.2 Å². The molecule has 6 heteroatoms. The summed E-state index contributed by atoms with van der Waals surface area (Å²) in [4.78, 5) is 12.6. The molecule has 1 aliphatic heterocycles. The quantitative estimate of drug-likeness (QED) is 0.601. The van der Waals surface area contributed by atoms with Gasteiger partial charge in [0.1, 0.15) is 29.4 Å². The van der Waals surface area contributed by atoms with Crippen LogP contribution in [0.2, 0.25) is 0 Å². The van der Waals surface area contributed by atoms with Gasteiger partial charge in [-0.1, -0.05) is 6.07 Å². The molecular formula is C16H14O6. The number of carbonyl (C=O) groups excluding carboxylic acids is 1. The predicted octanol–water partition coefficient (Wildman–Crippen LogP) is 2.18. The molecule has 1 heterocycles. The Balaban J connectivity index is 2.08. The highest BCUT2D eigenvalue weighted by molar-refractivity contribution is 6.07. The predicted molar refractivity (Wildman–Crippen MR) is 76.8 cm³/mol. The van der Waals surface area contributed by atoms with Crippen LogP contribution in [0.1, 0.15) is 27.4 Å². The van der Waals surface area contributed by atoms with Crippen LogP contribution in [0.5, 0.6) is 28.7 Å². The minimum Gasteiger partial charge on any atom is -0.507 e. The first-order valence-corrected chi connectivity index (χ1v) is 6.64. The zero-order valence-corrected chi connectivity index (χ0v) is 11.7. The van der Waals surface area contributed by atoms with Crippen molar-refractivity contribution in [3.63, 3.8) is 0 Å². The molecule has 0 aliphatic carbocycles. The molecule has 1 aliphatic rings. The summed E-state index contributed by atoms with van der Waals surface area (Å²) in [7, 11) is 0. The van der Waals surface area contributed by atoms with E-state index >= 15 is 0 Å². The van der Waals surface area contributed by atoms with Gasteiger partial charge < -0.3 is 25.2 Å². The molecule has 6 nitrogen and oxygen atoms in total. The number of aromatic hydroxyl groups is 4. The maximum absolute atomic E-state index is 12.6. The van der Waals surface area contributed by atoms with Gasteiger partial charge in [0, 0.05) is 11.6 Å². The molecule has 0 radical (unpaired) electrons. The fourth-order valence-corrected chi connectivity index (χ4v) is 2.57. The zero-order valence-electron chi connectivity index (χ0n) is 11.7. The Bertz CT molecular complexity index is 781. The molecule has 0 aromatic heterocycles. The Morgan fingerprint density at radius 2 is 1.73 bits per heavy atom. The molecule has 0 saturated carbocycles. The molecule has 4 N–H and O–H groups in total. The van der Waals surface area contributed by atoms with E-state index in [-0.39, 0.29) is 46.7 Å². The lowest BCUT2D eigenvalue weighted by Gasteiger charge is -2.26. The summed E-state index contributed by atoms with van der Waals surface area (Å²) in [6, 6.07) is 5.19. The number of Topliss-reactive ketones (excluding diaryl/α,β-unsaturated/α-hetero) is 1. The molecule has 1 atom stereocenters. The third kappa shape index (κ3) is 2.00. The average Bonchev–Trinajstić information content (AvgIpc) is 2.47. The highest BCUT2D eigenvalue weighted by Crippen LogP contribution is 2.43. The maximum Gasteiger partial charge on any atom is 0.181 e. The Hall–Kier alpha value is -2.89. The summed E-state index contributed by atoms with van der Waals surface area (Å²) in [5, 5.41) is 38.5. The molecule has 114 valence electrons. The van der Waals surface area contributed by atoms with Crippen LogP contribution < -0.4 is 4.74 Å². The number of phenols is 4. The van der Waals surface area contributed by atoms with Gasteiger partial charge in [-0.3, -0.25) is 4.79 Å². The van der Waals surface area contributed by atoms with Crippen molar-refractivity contribution in [2.24, 2.45) is 0 Å². The number of ether oxygens (including phenoxy) is 1. The molecule has 2 aromatic rings. The monoisotopic (exact) mass is 302 g/mol. The van der Waals surface area contributed by atoms with Gasteiger partial charge in [0.15, 0.2) is 17.3 Å². The first kappa shape index (κ1) is 14.1. The summed E-state index contributed by atoms with van der Waals surface area (Å²) in [5.41, 5.74) is 0.864. The second-order valence-electron chi connectivity index (χ2n) is 5.22. The second-order valence-corrected chi connectivity index (χ2v) is 5.22. The van der Waals surface area contributed by atoms with E-state index < -0.39 is 5.92 Å². The zero-order chi connectivity index (χ0) is 16.0. The molecule has 0 amide bonds. The van der Waals surface area contributed by atoms with Crippen molar-refractivity contribution in [3.05, 3.63) is 41.0 Å². The van der Waals surface area contributed by atoms with Gasteiger partial charge >= 0.3 is 0 Å². The first-order chi connectivity index (χ1) is 10.4. The Morgan fingerprint density at radius 1 is 1.00 bits per heavy atom. The summed E-state index contributed by atoms with van der Waals surface area (Å²) >= 11 is 0. The molecule has 1 unspecified atom stereocenters. The molecule has 3 rings (SSSR count). The van der Waals surface area contributed by atoms with Crippen LogP contribution in [0, 0.1) is 6.92 Å². The van der Waals surface area contributed by atoms with Crippen molar-refractivity contribution in [1.82, 2.24) is 0 Å². The van der Waals surface area contributed by atoms with Crippen LogP contribution in [0.15, 0.2) is 24.3 Å².